The number of thioether (sulfide) groups is 1. The lowest BCUT2D eigenvalue weighted by atomic mass is 10.1. The molecule has 0 saturated carbocycles. The molecule has 0 spiro atoms. The molecular formula is C20H33NO3S. The highest BCUT2D eigenvalue weighted by molar-refractivity contribution is 7.99. The molecule has 0 aromatic heterocycles. The first-order valence-corrected chi connectivity index (χ1v) is 9.90. The van der Waals surface area contributed by atoms with Crippen molar-refractivity contribution in [3.05, 3.63) is 34.9 Å². The van der Waals surface area contributed by atoms with Gasteiger partial charge in [0.1, 0.15) is 6.04 Å². The lowest BCUT2D eigenvalue weighted by molar-refractivity contribution is -0.140. The van der Waals surface area contributed by atoms with Crippen LogP contribution in [0.25, 0.3) is 0 Å². The van der Waals surface area contributed by atoms with E-state index in [0.717, 1.165) is 31.4 Å². The van der Waals surface area contributed by atoms with E-state index in [1.807, 2.05) is 0 Å². The zero-order valence-electron chi connectivity index (χ0n) is 16.2. The van der Waals surface area contributed by atoms with Gasteiger partial charge in [0.15, 0.2) is 0 Å². The van der Waals surface area contributed by atoms with Crippen LogP contribution in [0.4, 0.5) is 0 Å². The van der Waals surface area contributed by atoms with Crippen molar-refractivity contribution in [3.8, 4) is 0 Å². The van der Waals surface area contributed by atoms with Gasteiger partial charge in [0.05, 0.1) is 0 Å². The summed E-state index contributed by atoms with van der Waals surface area (Å²) in [5, 5.41) is 11.5. The Hall–Kier alpha value is -1.49. The Morgan fingerprint density at radius 3 is 2.04 bits per heavy atom. The SMILES string of the molecule is CC(=O)N[C@H](CSC/C=C(\C)CC/C=C(/C)CCC=C(C)C)C(=O)O. The van der Waals surface area contributed by atoms with E-state index in [1.165, 1.54) is 35.4 Å². The first kappa shape index (κ1) is 23.5. The quantitative estimate of drug-likeness (QED) is 0.387. The van der Waals surface area contributed by atoms with E-state index >= 15 is 0 Å². The van der Waals surface area contributed by atoms with Gasteiger partial charge >= 0.3 is 5.97 Å². The molecule has 2 N–H and O–H groups in total. The Morgan fingerprint density at radius 2 is 1.52 bits per heavy atom. The molecule has 4 nitrogen and oxygen atoms in total. The molecule has 0 aliphatic heterocycles. The van der Waals surface area contributed by atoms with Crippen LogP contribution in [-0.4, -0.2) is 34.5 Å². The number of hydrogen-bond donors (Lipinski definition) is 2. The maximum atomic E-state index is 11.0. The van der Waals surface area contributed by atoms with Crippen LogP contribution in [0.15, 0.2) is 34.9 Å². The molecule has 25 heavy (non-hydrogen) atoms. The summed E-state index contributed by atoms with van der Waals surface area (Å²) in [5.41, 5.74) is 4.11. The molecule has 0 saturated heterocycles. The Morgan fingerprint density at radius 1 is 0.960 bits per heavy atom. The molecule has 142 valence electrons. The Balaban J connectivity index is 4.07. The standard InChI is InChI=1S/C20H33NO3S/c1-15(2)8-6-9-16(3)10-7-11-17(4)12-13-25-14-19(20(23)24)21-18(5)22/h8,10,12,19H,6-7,9,11,13-14H2,1-5H3,(H,21,22)(H,23,24)/b16-10-,17-12+/t19-/m1/s1. The van der Waals surface area contributed by atoms with Gasteiger partial charge in [-0.15, -0.1) is 0 Å². The first-order chi connectivity index (χ1) is 11.7. The fraction of sp³-hybridized carbons (Fsp3) is 0.600. The van der Waals surface area contributed by atoms with Crippen molar-refractivity contribution < 1.29 is 14.7 Å². The summed E-state index contributed by atoms with van der Waals surface area (Å²) in [6.07, 6.45) is 11.0. The van der Waals surface area contributed by atoms with Crippen molar-refractivity contribution in [2.45, 2.75) is 66.3 Å². The van der Waals surface area contributed by atoms with Gasteiger partial charge < -0.3 is 10.4 Å². The largest absolute Gasteiger partial charge is 0.480 e. The third kappa shape index (κ3) is 14.6. The van der Waals surface area contributed by atoms with E-state index in [2.05, 4.69) is 51.2 Å². The number of hydrogen-bond acceptors (Lipinski definition) is 3. The molecule has 1 amide bonds. The van der Waals surface area contributed by atoms with Crippen LogP contribution in [0.1, 0.15) is 60.3 Å². The minimum atomic E-state index is -0.989. The summed E-state index contributed by atoms with van der Waals surface area (Å²) in [5.74, 6) is -0.163. The molecule has 0 fully saturated rings. The summed E-state index contributed by atoms with van der Waals surface area (Å²) in [4.78, 5) is 22.0. The summed E-state index contributed by atoms with van der Waals surface area (Å²) in [6.45, 7) is 9.87. The molecule has 0 radical (unpaired) electrons. The topological polar surface area (TPSA) is 66.4 Å². The third-order valence-electron chi connectivity index (χ3n) is 3.63. The third-order valence-corrected chi connectivity index (χ3v) is 4.60. The minimum Gasteiger partial charge on any atom is -0.480 e. The molecule has 5 heteroatoms. The monoisotopic (exact) mass is 367 g/mol. The van der Waals surface area contributed by atoms with Crippen LogP contribution >= 0.6 is 11.8 Å². The fourth-order valence-electron chi connectivity index (χ4n) is 2.15. The number of allylic oxidation sites excluding steroid dienone is 5. The minimum absolute atomic E-state index is 0.313. The van der Waals surface area contributed by atoms with E-state index in [4.69, 9.17) is 5.11 Å². The molecule has 0 heterocycles. The summed E-state index contributed by atoms with van der Waals surface area (Å²) >= 11 is 1.52. The van der Waals surface area contributed by atoms with Gasteiger partial charge in [0.2, 0.25) is 5.91 Å². The van der Waals surface area contributed by atoms with E-state index in [0.29, 0.717) is 5.75 Å². The number of carbonyl (C=O) groups is 2. The molecule has 0 aliphatic rings. The number of carbonyl (C=O) groups excluding carboxylic acids is 1. The molecule has 0 aliphatic carbocycles. The highest BCUT2D eigenvalue weighted by atomic mass is 32.2. The van der Waals surface area contributed by atoms with Gasteiger partial charge in [0.25, 0.3) is 0 Å². The van der Waals surface area contributed by atoms with Crippen molar-refractivity contribution >= 4 is 23.6 Å². The maximum Gasteiger partial charge on any atom is 0.327 e. The van der Waals surface area contributed by atoms with Crippen LogP contribution in [0.2, 0.25) is 0 Å². The highest BCUT2D eigenvalue weighted by Crippen LogP contribution is 2.13. The fourth-order valence-corrected chi connectivity index (χ4v) is 3.15. The number of nitrogens with one attached hydrogen (secondary N) is 1. The zero-order valence-corrected chi connectivity index (χ0v) is 17.0. The van der Waals surface area contributed by atoms with Crippen molar-refractivity contribution in [2.75, 3.05) is 11.5 Å². The normalized spacial score (nSPS) is 13.3. The lowest BCUT2D eigenvalue weighted by Crippen LogP contribution is -2.41. The maximum absolute atomic E-state index is 11.0. The van der Waals surface area contributed by atoms with Gasteiger partial charge in [0, 0.05) is 18.4 Å². The van der Waals surface area contributed by atoms with Gasteiger partial charge in [-0.05, 0) is 53.4 Å². The van der Waals surface area contributed by atoms with Crippen LogP contribution in [0.5, 0.6) is 0 Å². The van der Waals surface area contributed by atoms with Gasteiger partial charge in [-0.25, -0.2) is 4.79 Å². The molecule has 1 atom stereocenters. The number of carboxylic acids is 1. The molecule has 0 aromatic carbocycles. The van der Waals surface area contributed by atoms with Crippen LogP contribution in [-0.2, 0) is 9.59 Å². The number of rotatable bonds is 12. The average molecular weight is 368 g/mol. The van der Waals surface area contributed by atoms with Crippen molar-refractivity contribution in [1.82, 2.24) is 5.32 Å². The second-order valence-corrected chi connectivity index (χ2v) is 7.66. The van der Waals surface area contributed by atoms with Crippen molar-refractivity contribution in [3.63, 3.8) is 0 Å². The van der Waals surface area contributed by atoms with Crippen LogP contribution in [0.3, 0.4) is 0 Å². The van der Waals surface area contributed by atoms with Gasteiger partial charge in [-0.1, -0.05) is 34.9 Å². The molecule has 0 aromatic rings. The molecular weight excluding hydrogens is 334 g/mol. The van der Waals surface area contributed by atoms with Crippen LogP contribution < -0.4 is 5.32 Å². The van der Waals surface area contributed by atoms with E-state index in [-0.39, 0.29) is 5.91 Å². The Bertz CT molecular complexity index is 517. The second-order valence-electron chi connectivity index (χ2n) is 6.59. The predicted molar refractivity (Wildman–Crippen MR) is 108 cm³/mol. The van der Waals surface area contributed by atoms with E-state index in [1.54, 1.807) is 0 Å². The summed E-state index contributed by atoms with van der Waals surface area (Å²) < 4.78 is 0. The smallest absolute Gasteiger partial charge is 0.327 e. The summed E-state index contributed by atoms with van der Waals surface area (Å²) in [7, 11) is 0. The van der Waals surface area contributed by atoms with Gasteiger partial charge in [-0.2, -0.15) is 11.8 Å². The highest BCUT2D eigenvalue weighted by Gasteiger charge is 2.17. The van der Waals surface area contributed by atoms with Crippen molar-refractivity contribution in [2.24, 2.45) is 0 Å². The Labute approximate surface area is 156 Å². The summed E-state index contributed by atoms with van der Waals surface area (Å²) in [6, 6.07) is -0.817. The first-order valence-electron chi connectivity index (χ1n) is 8.74. The van der Waals surface area contributed by atoms with Crippen LogP contribution in [0, 0.1) is 0 Å². The number of aliphatic carboxylic acids is 1. The van der Waals surface area contributed by atoms with Crippen molar-refractivity contribution in [1.29, 1.82) is 0 Å². The molecule has 0 unspecified atom stereocenters. The Kier molecular flexibility index (Phi) is 12.9. The van der Waals surface area contributed by atoms with E-state index < -0.39 is 12.0 Å². The number of amides is 1. The lowest BCUT2D eigenvalue weighted by Gasteiger charge is -2.12. The average Bonchev–Trinajstić information content (AvgIpc) is 2.49. The van der Waals surface area contributed by atoms with Gasteiger partial charge in [-0.3, -0.25) is 4.79 Å². The zero-order chi connectivity index (χ0) is 19.2. The molecule has 0 rings (SSSR count). The second kappa shape index (κ2) is 13.8. The predicted octanol–water partition coefficient (Wildman–Crippen LogP) is 4.73. The number of carboxylic acid groups (broad SMARTS) is 1. The molecule has 0 bridgehead atoms. The van der Waals surface area contributed by atoms with E-state index in [9.17, 15) is 9.59 Å².